The van der Waals surface area contributed by atoms with Crippen LogP contribution in [-0.2, 0) is 10.0 Å². The average Bonchev–Trinajstić information content (AvgIpc) is 3.32. The summed E-state index contributed by atoms with van der Waals surface area (Å²) in [5.41, 5.74) is 2.17. The largest absolute Gasteiger partial charge is 0.431 e. The Morgan fingerprint density at radius 2 is 1.86 bits per heavy atom. The van der Waals surface area contributed by atoms with Crippen LogP contribution in [0.25, 0.3) is 0 Å². The molecule has 2 aliphatic rings. The highest BCUT2D eigenvalue weighted by Crippen LogP contribution is 2.53. The van der Waals surface area contributed by atoms with Crippen molar-refractivity contribution in [3.8, 4) is 0 Å². The number of hydrogen-bond donors (Lipinski definition) is 1. The highest BCUT2D eigenvalue weighted by atomic mass is 32.2. The molecule has 0 spiro atoms. The molecule has 8 heteroatoms. The van der Waals surface area contributed by atoms with E-state index in [1.165, 1.54) is 11.0 Å². The van der Waals surface area contributed by atoms with Crippen molar-refractivity contribution in [3.63, 3.8) is 0 Å². The Morgan fingerprint density at radius 1 is 1.21 bits per heavy atom. The van der Waals surface area contributed by atoms with Gasteiger partial charge in [0.25, 0.3) is 0 Å². The van der Waals surface area contributed by atoms with E-state index in [1.54, 1.807) is 38.1 Å². The third kappa shape index (κ3) is 4.37. The number of hydrogen-bond acceptors (Lipinski definition) is 3. The number of nitrogens with zero attached hydrogens (tertiary/aromatic N) is 1. The highest BCUT2D eigenvalue weighted by Gasteiger charge is 2.46. The van der Waals surface area contributed by atoms with Gasteiger partial charge in [-0.25, -0.2) is 8.42 Å². The fourth-order valence-corrected chi connectivity index (χ4v) is 4.17. The molecular weight excluding hydrogens is 389 g/mol. The lowest BCUT2D eigenvalue weighted by atomic mass is 9.92. The SMILES string of the molecule is Cc1cc([C@@H](C)N2CC(C3(C)CC3)=CC=C2C(F)(F)F)ccc1NS(C)(=O)=O. The summed E-state index contributed by atoms with van der Waals surface area (Å²) in [6.45, 7) is 5.81. The molecule has 1 fully saturated rings. The Bertz CT molecular complexity index is 945. The van der Waals surface area contributed by atoms with Crippen molar-refractivity contribution in [1.29, 1.82) is 0 Å². The molecule has 0 saturated heterocycles. The van der Waals surface area contributed by atoms with E-state index in [9.17, 15) is 21.6 Å². The van der Waals surface area contributed by atoms with E-state index in [0.717, 1.165) is 24.7 Å². The maximum atomic E-state index is 13.6. The van der Waals surface area contributed by atoms with E-state index in [2.05, 4.69) is 11.6 Å². The monoisotopic (exact) mass is 414 g/mol. The van der Waals surface area contributed by atoms with Crippen LogP contribution in [0, 0.1) is 12.3 Å². The van der Waals surface area contributed by atoms with E-state index in [1.807, 2.05) is 0 Å². The summed E-state index contributed by atoms with van der Waals surface area (Å²) in [7, 11) is -3.42. The highest BCUT2D eigenvalue weighted by molar-refractivity contribution is 7.92. The minimum absolute atomic E-state index is 0.00474. The van der Waals surface area contributed by atoms with Crippen LogP contribution in [0.4, 0.5) is 18.9 Å². The van der Waals surface area contributed by atoms with Gasteiger partial charge >= 0.3 is 6.18 Å². The van der Waals surface area contributed by atoms with Crippen LogP contribution >= 0.6 is 0 Å². The van der Waals surface area contributed by atoms with E-state index in [-0.39, 0.29) is 12.0 Å². The van der Waals surface area contributed by atoms with Crippen molar-refractivity contribution in [3.05, 3.63) is 52.7 Å². The standard InChI is InChI=1S/C20H25F3N2O2S/c1-13-11-15(5-7-17(13)24-28(4,26)27)14(2)25-12-16(19(3)9-10-19)6-8-18(25)20(21,22)23/h5-8,11,14,24H,9-10,12H2,1-4H3/t14-/m1/s1. The molecule has 1 N–H and O–H groups in total. The lowest BCUT2D eigenvalue weighted by Gasteiger charge is -2.38. The normalized spacial score (nSPS) is 20.3. The van der Waals surface area contributed by atoms with Crippen LogP contribution in [0.3, 0.4) is 0 Å². The molecule has 0 aromatic heterocycles. The molecule has 0 amide bonds. The number of rotatable bonds is 5. The molecule has 154 valence electrons. The molecule has 1 saturated carbocycles. The van der Waals surface area contributed by atoms with Gasteiger partial charge < -0.3 is 4.90 Å². The first-order valence-corrected chi connectivity index (χ1v) is 11.0. The van der Waals surface area contributed by atoms with Crippen molar-refractivity contribution in [2.24, 2.45) is 5.41 Å². The average molecular weight is 414 g/mol. The van der Waals surface area contributed by atoms with Gasteiger partial charge in [-0.3, -0.25) is 4.72 Å². The van der Waals surface area contributed by atoms with Gasteiger partial charge in [-0.15, -0.1) is 0 Å². The second-order valence-electron chi connectivity index (χ2n) is 8.05. The second-order valence-corrected chi connectivity index (χ2v) is 9.80. The first kappa shape index (κ1) is 20.8. The summed E-state index contributed by atoms with van der Waals surface area (Å²) in [4.78, 5) is 1.40. The number of sulfonamides is 1. The Hall–Kier alpha value is -1.96. The smallest absolute Gasteiger partial charge is 0.357 e. The molecule has 0 radical (unpaired) electrons. The van der Waals surface area contributed by atoms with Gasteiger partial charge in [-0.1, -0.05) is 25.1 Å². The fraction of sp³-hybridized carbons (Fsp3) is 0.500. The number of benzene rings is 1. The quantitative estimate of drug-likeness (QED) is 0.744. The topological polar surface area (TPSA) is 49.4 Å². The number of nitrogens with one attached hydrogen (secondary N) is 1. The van der Waals surface area contributed by atoms with Crippen molar-refractivity contribution in [1.82, 2.24) is 4.90 Å². The third-order valence-corrected chi connectivity index (χ3v) is 6.24. The zero-order valence-electron chi connectivity index (χ0n) is 16.4. The van der Waals surface area contributed by atoms with E-state index in [0.29, 0.717) is 16.8 Å². The van der Waals surface area contributed by atoms with Crippen LogP contribution in [-0.4, -0.2) is 32.3 Å². The number of aryl methyl sites for hydroxylation is 1. The minimum Gasteiger partial charge on any atom is -0.357 e. The van der Waals surface area contributed by atoms with Crippen LogP contribution in [0.1, 0.15) is 43.9 Å². The van der Waals surface area contributed by atoms with Crippen LogP contribution in [0.15, 0.2) is 41.6 Å². The molecule has 1 aromatic carbocycles. The Morgan fingerprint density at radius 3 is 2.36 bits per heavy atom. The first-order valence-electron chi connectivity index (χ1n) is 9.14. The number of anilines is 1. The molecule has 1 heterocycles. The molecule has 1 aliphatic heterocycles. The van der Waals surface area contributed by atoms with Crippen LogP contribution in [0.2, 0.25) is 0 Å². The summed E-state index contributed by atoms with van der Waals surface area (Å²) in [6.07, 6.45) is 1.44. The Balaban J connectivity index is 1.91. The third-order valence-electron chi connectivity index (χ3n) is 5.65. The maximum Gasteiger partial charge on any atom is 0.431 e. The van der Waals surface area contributed by atoms with E-state index < -0.39 is 27.9 Å². The molecule has 1 aliphatic carbocycles. The fourth-order valence-electron chi connectivity index (χ4n) is 3.54. The summed E-state index contributed by atoms with van der Waals surface area (Å²) in [6, 6.07) is 4.51. The molecule has 4 nitrogen and oxygen atoms in total. The molecule has 1 atom stereocenters. The lowest BCUT2D eigenvalue weighted by Crippen LogP contribution is -2.38. The van der Waals surface area contributed by atoms with Crippen molar-refractivity contribution >= 4 is 15.7 Å². The van der Waals surface area contributed by atoms with Gasteiger partial charge in [0.05, 0.1) is 18.0 Å². The van der Waals surface area contributed by atoms with Gasteiger partial charge in [0.2, 0.25) is 10.0 Å². The molecule has 1 aromatic rings. The predicted octanol–water partition coefficient (Wildman–Crippen LogP) is 4.92. The van der Waals surface area contributed by atoms with Crippen molar-refractivity contribution in [2.45, 2.75) is 45.8 Å². The summed E-state index contributed by atoms with van der Waals surface area (Å²) < 4.78 is 66.2. The summed E-state index contributed by atoms with van der Waals surface area (Å²) in [5, 5.41) is 0. The zero-order valence-corrected chi connectivity index (χ0v) is 17.2. The van der Waals surface area contributed by atoms with Gasteiger partial charge in [0.15, 0.2) is 0 Å². The lowest BCUT2D eigenvalue weighted by molar-refractivity contribution is -0.114. The summed E-state index contributed by atoms with van der Waals surface area (Å²) >= 11 is 0. The molecular formula is C20H25F3N2O2S. The maximum absolute atomic E-state index is 13.6. The number of halogens is 3. The van der Waals surface area contributed by atoms with Gasteiger partial charge in [0.1, 0.15) is 5.70 Å². The molecule has 0 unspecified atom stereocenters. The Kier molecular flexibility index (Phi) is 5.06. The molecule has 0 bridgehead atoms. The van der Waals surface area contributed by atoms with Crippen molar-refractivity contribution in [2.75, 3.05) is 17.5 Å². The van der Waals surface area contributed by atoms with Crippen molar-refractivity contribution < 1.29 is 21.6 Å². The minimum atomic E-state index is -4.44. The van der Waals surface area contributed by atoms with Gasteiger partial charge in [-0.05, 0) is 60.9 Å². The van der Waals surface area contributed by atoms with Gasteiger partial charge in [-0.2, -0.15) is 13.2 Å². The number of alkyl halides is 3. The molecule has 3 rings (SSSR count). The predicted molar refractivity (Wildman–Crippen MR) is 104 cm³/mol. The molecule has 28 heavy (non-hydrogen) atoms. The van der Waals surface area contributed by atoms with Crippen LogP contribution in [0.5, 0.6) is 0 Å². The zero-order chi connectivity index (χ0) is 20.9. The number of allylic oxidation sites excluding steroid dienone is 3. The second kappa shape index (κ2) is 6.83. The van der Waals surface area contributed by atoms with Gasteiger partial charge in [0, 0.05) is 6.54 Å². The van der Waals surface area contributed by atoms with E-state index in [4.69, 9.17) is 0 Å². The Labute approximate surface area is 164 Å². The first-order chi connectivity index (χ1) is 12.8. The van der Waals surface area contributed by atoms with E-state index >= 15 is 0 Å². The summed E-state index contributed by atoms with van der Waals surface area (Å²) in [5.74, 6) is 0. The van der Waals surface area contributed by atoms with Crippen LogP contribution < -0.4 is 4.72 Å².